The number of hydrogen-bond donors (Lipinski definition) is 1. The molecule has 0 spiro atoms. The van der Waals surface area contributed by atoms with Gasteiger partial charge in [0.1, 0.15) is 11.4 Å². The van der Waals surface area contributed by atoms with Crippen LogP contribution in [0.15, 0.2) is 41.3 Å². The normalized spacial score (nSPS) is 12.1. The number of esters is 1. The van der Waals surface area contributed by atoms with Crippen molar-refractivity contribution in [3.05, 3.63) is 47.0 Å². The van der Waals surface area contributed by atoms with Crippen LogP contribution in [0.2, 0.25) is 5.02 Å². The molecule has 0 amide bonds. The van der Waals surface area contributed by atoms with Crippen molar-refractivity contribution in [1.82, 2.24) is 4.72 Å². The van der Waals surface area contributed by atoms with Gasteiger partial charge in [0.05, 0.1) is 4.90 Å². The first kappa shape index (κ1) is 24.2. The lowest BCUT2D eigenvalue weighted by atomic mass is 10.00. The number of hydrogen-bond acceptors (Lipinski definition) is 5. The first-order valence-corrected chi connectivity index (χ1v) is 11.4. The minimum Gasteiger partial charge on any atom is -0.481 e. The molecule has 1 N–H and O–H groups in total. The van der Waals surface area contributed by atoms with Crippen LogP contribution in [0.4, 0.5) is 0 Å². The van der Waals surface area contributed by atoms with Crippen molar-refractivity contribution in [1.29, 1.82) is 0 Å². The number of rotatable bonds is 7. The van der Waals surface area contributed by atoms with Gasteiger partial charge in [-0.3, -0.25) is 0 Å². The van der Waals surface area contributed by atoms with E-state index in [9.17, 15) is 13.2 Å². The summed E-state index contributed by atoms with van der Waals surface area (Å²) in [6.07, 6.45) is 0. The minimum atomic E-state index is -3.67. The van der Waals surface area contributed by atoms with Crippen molar-refractivity contribution in [2.45, 2.75) is 58.1 Å². The van der Waals surface area contributed by atoms with Crippen LogP contribution >= 0.6 is 11.6 Å². The van der Waals surface area contributed by atoms with E-state index in [1.165, 1.54) is 0 Å². The molecule has 164 valence electrons. The van der Waals surface area contributed by atoms with E-state index in [0.29, 0.717) is 21.9 Å². The molecule has 0 atom stereocenters. The lowest BCUT2D eigenvalue weighted by molar-refractivity contribution is -0.157. The molecule has 2 rings (SSSR count). The summed E-state index contributed by atoms with van der Waals surface area (Å²) in [5, 5.41) is 0.461. The molecule has 2 aromatic rings. The Morgan fingerprint density at radius 2 is 1.77 bits per heavy atom. The quantitative estimate of drug-likeness (QED) is 0.613. The van der Waals surface area contributed by atoms with Crippen LogP contribution in [-0.4, -0.2) is 32.6 Å². The van der Waals surface area contributed by atoms with E-state index in [1.54, 1.807) is 71.0 Å². The Hall–Kier alpha value is -2.09. The molecule has 0 aromatic heterocycles. The maximum atomic E-state index is 12.6. The van der Waals surface area contributed by atoms with Crippen LogP contribution in [0.5, 0.6) is 5.75 Å². The Labute approximate surface area is 183 Å². The van der Waals surface area contributed by atoms with Gasteiger partial charge in [-0.05, 0) is 83.0 Å². The van der Waals surface area contributed by atoms with Crippen molar-refractivity contribution >= 4 is 27.6 Å². The number of benzene rings is 2. The van der Waals surface area contributed by atoms with E-state index in [-0.39, 0.29) is 17.5 Å². The van der Waals surface area contributed by atoms with E-state index >= 15 is 0 Å². The summed E-state index contributed by atoms with van der Waals surface area (Å²) in [6, 6.07) is 9.59. The fraction of sp³-hybridized carbons (Fsp3) is 0.409. The average Bonchev–Trinajstić information content (AvgIpc) is 2.58. The molecular formula is C22H28ClNO5S. The lowest BCUT2D eigenvalue weighted by Crippen LogP contribution is -2.30. The van der Waals surface area contributed by atoms with Gasteiger partial charge in [-0.2, -0.15) is 0 Å². The Morgan fingerprint density at radius 1 is 1.10 bits per heavy atom. The van der Waals surface area contributed by atoms with Gasteiger partial charge in [-0.25, -0.2) is 17.9 Å². The molecule has 0 bridgehead atoms. The maximum absolute atomic E-state index is 12.6. The van der Waals surface area contributed by atoms with Crippen LogP contribution in [0.25, 0.3) is 11.1 Å². The summed E-state index contributed by atoms with van der Waals surface area (Å²) < 4.78 is 38.8. The maximum Gasteiger partial charge on any atom is 0.344 e. The van der Waals surface area contributed by atoms with Crippen molar-refractivity contribution in [2.75, 3.05) is 6.61 Å². The minimum absolute atomic E-state index is 0.134. The van der Waals surface area contributed by atoms with E-state index in [0.717, 1.165) is 5.56 Å². The molecule has 0 fully saturated rings. The molecule has 0 radical (unpaired) electrons. The zero-order chi connectivity index (χ0) is 22.7. The third kappa shape index (κ3) is 6.72. The second-order valence-electron chi connectivity index (χ2n) is 8.27. The van der Waals surface area contributed by atoms with Gasteiger partial charge in [0.25, 0.3) is 0 Å². The standard InChI is InChI=1S/C22H28ClNO5S/c1-14(2)24-30(26,27)17-9-7-15(3)18(12-17)19-11-16(23)8-10-20(19)28-13-21(25)29-22(4,5)6/h7-12,14,24H,13H2,1-6H3. The Kier molecular flexibility index (Phi) is 7.55. The molecule has 30 heavy (non-hydrogen) atoms. The molecular weight excluding hydrogens is 426 g/mol. The largest absolute Gasteiger partial charge is 0.481 e. The summed E-state index contributed by atoms with van der Waals surface area (Å²) >= 11 is 6.19. The number of ether oxygens (including phenoxy) is 2. The molecule has 0 saturated heterocycles. The fourth-order valence-electron chi connectivity index (χ4n) is 2.78. The highest BCUT2D eigenvalue weighted by Crippen LogP contribution is 2.36. The summed E-state index contributed by atoms with van der Waals surface area (Å²) in [7, 11) is -3.67. The Bertz CT molecular complexity index is 1030. The molecule has 8 heteroatoms. The van der Waals surface area contributed by atoms with E-state index in [2.05, 4.69) is 4.72 Å². The zero-order valence-electron chi connectivity index (χ0n) is 18.1. The van der Waals surface area contributed by atoms with Crippen molar-refractivity contribution in [3.8, 4) is 16.9 Å². The molecule has 0 aliphatic rings. The van der Waals surface area contributed by atoms with Gasteiger partial charge in [0.15, 0.2) is 6.61 Å². The van der Waals surface area contributed by atoms with Crippen LogP contribution < -0.4 is 9.46 Å². The Balaban J connectivity index is 2.43. The molecule has 0 saturated carbocycles. The van der Waals surface area contributed by atoms with Crippen LogP contribution in [0, 0.1) is 6.92 Å². The molecule has 6 nitrogen and oxygen atoms in total. The molecule has 0 aliphatic heterocycles. The zero-order valence-corrected chi connectivity index (χ0v) is 19.6. The number of sulfonamides is 1. The highest BCUT2D eigenvalue weighted by atomic mass is 35.5. The van der Waals surface area contributed by atoms with E-state index in [4.69, 9.17) is 21.1 Å². The second-order valence-corrected chi connectivity index (χ2v) is 10.4. The van der Waals surface area contributed by atoms with Gasteiger partial charge >= 0.3 is 5.97 Å². The van der Waals surface area contributed by atoms with E-state index in [1.807, 2.05) is 6.92 Å². The average molecular weight is 454 g/mol. The SMILES string of the molecule is Cc1ccc(S(=O)(=O)NC(C)C)cc1-c1cc(Cl)ccc1OCC(=O)OC(C)(C)C. The van der Waals surface area contributed by atoms with Crippen molar-refractivity contribution in [3.63, 3.8) is 0 Å². The highest BCUT2D eigenvalue weighted by molar-refractivity contribution is 7.89. The predicted octanol–water partition coefficient (Wildman–Crippen LogP) is 4.72. The number of nitrogens with one attached hydrogen (secondary N) is 1. The molecule has 2 aromatic carbocycles. The van der Waals surface area contributed by atoms with Crippen LogP contribution in [-0.2, 0) is 19.6 Å². The fourth-order valence-corrected chi connectivity index (χ4v) is 4.23. The third-order valence-corrected chi connectivity index (χ3v) is 5.80. The van der Waals surface area contributed by atoms with Crippen molar-refractivity contribution < 1.29 is 22.7 Å². The first-order chi connectivity index (χ1) is 13.8. The van der Waals surface area contributed by atoms with Crippen molar-refractivity contribution in [2.24, 2.45) is 0 Å². The Morgan fingerprint density at radius 3 is 2.37 bits per heavy atom. The third-order valence-electron chi connectivity index (χ3n) is 3.91. The smallest absolute Gasteiger partial charge is 0.344 e. The van der Waals surface area contributed by atoms with Gasteiger partial charge in [-0.15, -0.1) is 0 Å². The molecule has 0 unspecified atom stereocenters. The summed E-state index contributed by atoms with van der Waals surface area (Å²) in [5.41, 5.74) is 1.45. The second kappa shape index (κ2) is 9.37. The van der Waals surface area contributed by atoms with Gasteiger partial charge in [0, 0.05) is 16.6 Å². The number of carbonyl (C=O) groups excluding carboxylic acids is 1. The summed E-state index contributed by atoms with van der Waals surface area (Å²) in [4.78, 5) is 12.2. The van der Waals surface area contributed by atoms with E-state index < -0.39 is 21.6 Å². The molecule has 0 heterocycles. The van der Waals surface area contributed by atoms with Gasteiger partial charge in [-0.1, -0.05) is 17.7 Å². The van der Waals surface area contributed by atoms with Crippen LogP contribution in [0.3, 0.4) is 0 Å². The highest BCUT2D eigenvalue weighted by Gasteiger charge is 2.20. The summed E-state index contributed by atoms with van der Waals surface area (Å²) in [6.45, 7) is 10.4. The first-order valence-electron chi connectivity index (χ1n) is 9.56. The number of halogens is 1. The monoisotopic (exact) mass is 453 g/mol. The lowest BCUT2D eigenvalue weighted by Gasteiger charge is -2.20. The summed E-state index contributed by atoms with van der Waals surface area (Å²) in [5.74, 6) is -0.0997. The number of carbonyl (C=O) groups is 1. The van der Waals surface area contributed by atoms with Gasteiger partial charge in [0.2, 0.25) is 10.0 Å². The number of aryl methyl sites for hydroxylation is 1. The van der Waals surface area contributed by atoms with Crippen LogP contribution in [0.1, 0.15) is 40.2 Å². The molecule has 0 aliphatic carbocycles. The topological polar surface area (TPSA) is 81.7 Å². The predicted molar refractivity (Wildman–Crippen MR) is 118 cm³/mol. The van der Waals surface area contributed by atoms with Gasteiger partial charge < -0.3 is 9.47 Å².